The number of hydrogen-bond donors (Lipinski definition) is 2. The lowest BCUT2D eigenvalue weighted by Gasteiger charge is -2.61. The van der Waals surface area contributed by atoms with Crippen molar-refractivity contribution >= 4 is 5.69 Å². The molecule has 2 bridgehead atoms. The normalized spacial score (nSPS) is 48.3. The number of quaternary nitrogens is 1. The third kappa shape index (κ3) is 1.25. The molecule has 4 atom stereocenters. The van der Waals surface area contributed by atoms with Crippen LogP contribution in [0.25, 0.3) is 0 Å². The van der Waals surface area contributed by atoms with Crippen LogP contribution in [-0.2, 0) is 5.60 Å². The molecule has 0 saturated carbocycles. The molecule has 1 unspecified atom stereocenters. The molecule has 0 aromatic heterocycles. The maximum absolute atomic E-state index is 11.8. The summed E-state index contributed by atoms with van der Waals surface area (Å²) >= 11 is 0. The fourth-order valence-electron chi connectivity index (χ4n) is 6.62. The number of anilines is 1. The third-order valence-corrected chi connectivity index (χ3v) is 7.81. The molecule has 5 rings (SSSR count). The molecule has 3 fully saturated rings. The maximum atomic E-state index is 11.8. The molecular weight excluding hydrogens is 272 g/mol. The number of rotatable bonds is 1. The highest BCUT2D eigenvalue weighted by Crippen LogP contribution is 2.64. The van der Waals surface area contributed by atoms with Gasteiger partial charge in [0.25, 0.3) is 0 Å². The Balaban J connectivity index is 1.68. The summed E-state index contributed by atoms with van der Waals surface area (Å²) in [6, 6.07) is 8.47. The van der Waals surface area contributed by atoms with Crippen LogP contribution >= 0.6 is 0 Å². The zero-order valence-corrected chi connectivity index (χ0v) is 13.6. The Kier molecular flexibility index (Phi) is 2.36. The van der Waals surface area contributed by atoms with E-state index in [1.807, 2.05) is 0 Å². The Morgan fingerprint density at radius 3 is 2.86 bits per heavy atom. The first-order valence-corrected chi connectivity index (χ1v) is 9.05. The van der Waals surface area contributed by atoms with E-state index in [0.29, 0.717) is 5.41 Å². The number of aliphatic hydroxyl groups is 1. The largest absolute Gasteiger partial charge is 0.377 e. The van der Waals surface area contributed by atoms with Crippen LogP contribution in [0.2, 0.25) is 0 Å². The third-order valence-electron chi connectivity index (χ3n) is 7.81. The van der Waals surface area contributed by atoms with E-state index in [4.69, 9.17) is 0 Å². The quantitative estimate of drug-likeness (QED) is 0.781. The van der Waals surface area contributed by atoms with Crippen LogP contribution in [0, 0.1) is 5.41 Å². The van der Waals surface area contributed by atoms with E-state index >= 15 is 0 Å². The van der Waals surface area contributed by atoms with E-state index in [1.54, 1.807) is 0 Å². The lowest BCUT2D eigenvalue weighted by atomic mass is 9.65. The molecule has 4 heterocycles. The molecule has 22 heavy (non-hydrogen) atoms. The summed E-state index contributed by atoms with van der Waals surface area (Å²) in [4.78, 5) is 0. The van der Waals surface area contributed by atoms with Crippen molar-refractivity contribution in [2.75, 3.05) is 25.0 Å². The second kappa shape index (κ2) is 3.88. The molecule has 4 aliphatic rings. The van der Waals surface area contributed by atoms with Crippen LogP contribution in [0.15, 0.2) is 24.3 Å². The van der Waals surface area contributed by atoms with Crippen molar-refractivity contribution in [3.8, 4) is 0 Å². The second-order valence-electron chi connectivity index (χ2n) is 8.35. The average molecular weight is 299 g/mol. The van der Waals surface area contributed by atoms with E-state index in [2.05, 4.69) is 36.5 Å². The molecule has 118 valence electrons. The van der Waals surface area contributed by atoms with Crippen molar-refractivity contribution in [2.24, 2.45) is 5.41 Å². The zero-order chi connectivity index (χ0) is 15.1. The number of piperidine rings is 2. The molecule has 0 amide bonds. The molecule has 1 aromatic carbocycles. The number of para-hydroxylation sites is 1. The van der Waals surface area contributed by atoms with Crippen LogP contribution in [0.5, 0.6) is 0 Å². The Bertz CT molecular complexity index is 646. The standard InChI is InChI=1S/C19H27N2O/c1-2-17-8-5-12-21(14-17)13-11-18(22)15-6-3-4-7-16(15)20-19(18,21)10-9-17/h3-4,6-7,20,22H,2,5,8-14H2,1H3/q+1/t17-,18-,19+,21?/m0/s1. The van der Waals surface area contributed by atoms with E-state index in [9.17, 15) is 5.11 Å². The van der Waals surface area contributed by atoms with E-state index in [1.165, 1.54) is 44.5 Å². The molecule has 1 aromatic rings. The number of benzene rings is 1. The summed E-state index contributed by atoms with van der Waals surface area (Å²) in [7, 11) is 0. The average Bonchev–Trinajstić information content (AvgIpc) is 2.94. The van der Waals surface area contributed by atoms with Crippen molar-refractivity contribution in [2.45, 2.75) is 56.7 Å². The molecule has 2 spiro atoms. The van der Waals surface area contributed by atoms with Gasteiger partial charge in [-0.05, 0) is 31.7 Å². The first kappa shape index (κ1) is 13.4. The summed E-state index contributed by atoms with van der Waals surface area (Å²) in [5.74, 6) is 0. The summed E-state index contributed by atoms with van der Waals surface area (Å²) in [6.07, 6.45) is 7.32. The first-order chi connectivity index (χ1) is 10.6. The number of hydrogen-bond acceptors (Lipinski definition) is 2. The van der Waals surface area contributed by atoms with Crippen molar-refractivity contribution in [3.63, 3.8) is 0 Å². The fourth-order valence-corrected chi connectivity index (χ4v) is 6.62. The van der Waals surface area contributed by atoms with Gasteiger partial charge in [0.15, 0.2) is 5.60 Å². The number of nitrogens with one attached hydrogen (secondary N) is 1. The first-order valence-electron chi connectivity index (χ1n) is 9.05. The van der Waals surface area contributed by atoms with Gasteiger partial charge in [-0.15, -0.1) is 0 Å². The zero-order valence-electron chi connectivity index (χ0n) is 13.6. The minimum Gasteiger partial charge on any atom is -0.377 e. The van der Waals surface area contributed by atoms with Crippen LogP contribution in [0.1, 0.15) is 51.0 Å². The van der Waals surface area contributed by atoms with Gasteiger partial charge in [-0.1, -0.05) is 25.1 Å². The van der Waals surface area contributed by atoms with Crippen LogP contribution in [0.4, 0.5) is 5.69 Å². The minimum atomic E-state index is -0.666. The van der Waals surface area contributed by atoms with Gasteiger partial charge in [0.2, 0.25) is 5.66 Å². The Hall–Kier alpha value is -1.06. The molecule has 4 aliphatic heterocycles. The van der Waals surface area contributed by atoms with Gasteiger partial charge in [-0.2, -0.15) is 0 Å². The maximum Gasteiger partial charge on any atom is 0.206 e. The van der Waals surface area contributed by atoms with Crippen LogP contribution < -0.4 is 5.32 Å². The van der Waals surface area contributed by atoms with E-state index < -0.39 is 5.60 Å². The SMILES string of the molecule is CC[C@]12CCC[N+]3(CC[C@]4(O)c5ccccc5N[C@@]43CC1)C2. The van der Waals surface area contributed by atoms with Gasteiger partial charge in [0, 0.05) is 29.5 Å². The van der Waals surface area contributed by atoms with E-state index in [0.717, 1.165) is 29.4 Å². The summed E-state index contributed by atoms with van der Waals surface area (Å²) in [5, 5.41) is 15.6. The fraction of sp³-hybridized carbons (Fsp3) is 0.684. The highest BCUT2D eigenvalue weighted by atomic mass is 16.3. The lowest BCUT2D eigenvalue weighted by Crippen LogP contribution is -2.75. The van der Waals surface area contributed by atoms with Crippen molar-refractivity contribution in [1.82, 2.24) is 0 Å². The Labute approximate surface area is 132 Å². The molecular formula is C19H27N2O+. The number of fused-ring (bicyclic) bond motifs is 3. The van der Waals surface area contributed by atoms with Crippen molar-refractivity contribution < 1.29 is 9.59 Å². The van der Waals surface area contributed by atoms with Crippen molar-refractivity contribution in [3.05, 3.63) is 29.8 Å². The van der Waals surface area contributed by atoms with Gasteiger partial charge < -0.3 is 10.4 Å². The predicted octanol–water partition coefficient (Wildman–Crippen LogP) is 3.20. The number of nitrogens with zero attached hydrogens (tertiary/aromatic N) is 1. The second-order valence-corrected chi connectivity index (χ2v) is 8.35. The van der Waals surface area contributed by atoms with Crippen LogP contribution in [0.3, 0.4) is 0 Å². The molecule has 3 saturated heterocycles. The van der Waals surface area contributed by atoms with Gasteiger partial charge in [0.1, 0.15) is 0 Å². The van der Waals surface area contributed by atoms with Gasteiger partial charge in [-0.3, -0.25) is 4.48 Å². The van der Waals surface area contributed by atoms with Gasteiger partial charge in [0.05, 0.1) is 19.6 Å². The highest BCUT2D eigenvalue weighted by Gasteiger charge is 2.76. The highest BCUT2D eigenvalue weighted by molar-refractivity contribution is 5.63. The van der Waals surface area contributed by atoms with Gasteiger partial charge >= 0.3 is 0 Å². The summed E-state index contributed by atoms with van der Waals surface area (Å²) in [5.41, 5.74) is 2.04. The predicted molar refractivity (Wildman–Crippen MR) is 87.4 cm³/mol. The van der Waals surface area contributed by atoms with E-state index in [-0.39, 0.29) is 5.66 Å². The molecule has 3 heteroatoms. The molecule has 0 aliphatic carbocycles. The monoisotopic (exact) mass is 299 g/mol. The molecule has 3 nitrogen and oxygen atoms in total. The van der Waals surface area contributed by atoms with Gasteiger partial charge in [-0.25, -0.2) is 0 Å². The minimum absolute atomic E-state index is 0.157. The molecule has 2 N–H and O–H groups in total. The topological polar surface area (TPSA) is 32.3 Å². The van der Waals surface area contributed by atoms with Crippen molar-refractivity contribution in [1.29, 1.82) is 0 Å². The molecule has 0 radical (unpaired) electrons. The Morgan fingerprint density at radius 1 is 1.14 bits per heavy atom. The lowest BCUT2D eigenvalue weighted by molar-refractivity contribution is -0.981. The summed E-state index contributed by atoms with van der Waals surface area (Å²) in [6.45, 7) is 6.02. The smallest absolute Gasteiger partial charge is 0.206 e. The van der Waals surface area contributed by atoms with Crippen LogP contribution in [-0.4, -0.2) is 34.9 Å². The summed E-state index contributed by atoms with van der Waals surface area (Å²) < 4.78 is 1.12. The Morgan fingerprint density at radius 2 is 2.00 bits per heavy atom.